The monoisotopic (exact) mass is 413 g/mol. The van der Waals surface area contributed by atoms with Crippen LogP contribution in [0.25, 0.3) is 0 Å². The molecule has 0 spiro atoms. The van der Waals surface area contributed by atoms with Crippen molar-refractivity contribution in [2.75, 3.05) is 24.8 Å². The minimum absolute atomic E-state index is 0.230. The SMILES string of the molecule is CNc1cnccc1C(=O)Nc1cc(OC)c(Br)cc1Br. The highest BCUT2D eigenvalue weighted by Crippen LogP contribution is 2.34. The first kappa shape index (κ1) is 15.8. The molecular formula is C14H13Br2N3O2. The van der Waals surface area contributed by atoms with Gasteiger partial charge in [0.1, 0.15) is 5.75 Å². The Morgan fingerprint density at radius 1 is 1.24 bits per heavy atom. The minimum Gasteiger partial charge on any atom is -0.495 e. The predicted molar refractivity (Wildman–Crippen MR) is 90.1 cm³/mol. The number of nitrogens with one attached hydrogen (secondary N) is 2. The molecule has 0 atom stereocenters. The van der Waals surface area contributed by atoms with Gasteiger partial charge in [-0.15, -0.1) is 0 Å². The Morgan fingerprint density at radius 3 is 2.67 bits per heavy atom. The Kier molecular flexibility index (Phi) is 5.19. The smallest absolute Gasteiger partial charge is 0.257 e. The molecule has 0 aliphatic rings. The average molecular weight is 415 g/mol. The van der Waals surface area contributed by atoms with Crippen molar-refractivity contribution in [1.29, 1.82) is 0 Å². The maximum Gasteiger partial charge on any atom is 0.257 e. The van der Waals surface area contributed by atoms with Crippen LogP contribution < -0.4 is 15.4 Å². The van der Waals surface area contributed by atoms with Crippen molar-refractivity contribution in [2.45, 2.75) is 0 Å². The van der Waals surface area contributed by atoms with E-state index in [0.717, 1.165) is 8.95 Å². The third-order valence-electron chi connectivity index (χ3n) is 2.82. The molecule has 0 fully saturated rings. The highest BCUT2D eigenvalue weighted by molar-refractivity contribution is 9.11. The van der Waals surface area contributed by atoms with E-state index in [4.69, 9.17) is 4.74 Å². The molecule has 1 aromatic carbocycles. The van der Waals surface area contributed by atoms with Crippen molar-refractivity contribution >= 4 is 49.1 Å². The zero-order valence-corrected chi connectivity index (χ0v) is 14.6. The van der Waals surface area contributed by atoms with Crippen LogP contribution in [-0.4, -0.2) is 25.0 Å². The molecule has 0 saturated heterocycles. The Balaban J connectivity index is 2.31. The normalized spacial score (nSPS) is 10.1. The summed E-state index contributed by atoms with van der Waals surface area (Å²) in [7, 11) is 3.31. The van der Waals surface area contributed by atoms with Gasteiger partial charge in [0, 0.05) is 23.8 Å². The Bertz CT molecular complexity index is 677. The number of halogens is 2. The maximum atomic E-state index is 12.4. The quantitative estimate of drug-likeness (QED) is 0.796. The number of amides is 1. The predicted octanol–water partition coefficient (Wildman–Crippen LogP) is 3.91. The van der Waals surface area contributed by atoms with Gasteiger partial charge >= 0.3 is 0 Å². The fourth-order valence-corrected chi connectivity index (χ4v) is 3.02. The Labute approximate surface area is 139 Å². The summed E-state index contributed by atoms with van der Waals surface area (Å²) in [4.78, 5) is 16.4. The summed E-state index contributed by atoms with van der Waals surface area (Å²) < 4.78 is 6.79. The van der Waals surface area contributed by atoms with Gasteiger partial charge in [-0.05, 0) is 44.0 Å². The van der Waals surface area contributed by atoms with Gasteiger partial charge in [0.2, 0.25) is 0 Å². The van der Waals surface area contributed by atoms with Crippen LogP contribution in [0.3, 0.4) is 0 Å². The van der Waals surface area contributed by atoms with E-state index in [1.54, 1.807) is 38.7 Å². The number of hydrogen-bond donors (Lipinski definition) is 2. The molecule has 1 aromatic heterocycles. The number of ether oxygens (including phenoxy) is 1. The number of carbonyl (C=O) groups excluding carboxylic acids is 1. The van der Waals surface area contributed by atoms with Crippen LogP contribution in [0.15, 0.2) is 39.5 Å². The first-order chi connectivity index (χ1) is 10.1. The summed E-state index contributed by atoms with van der Waals surface area (Å²) in [5.74, 6) is 0.406. The highest BCUT2D eigenvalue weighted by atomic mass is 79.9. The van der Waals surface area contributed by atoms with E-state index in [1.165, 1.54) is 0 Å². The van der Waals surface area contributed by atoms with Gasteiger partial charge in [-0.1, -0.05) is 0 Å². The van der Waals surface area contributed by atoms with Gasteiger partial charge in [0.05, 0.1) is 34.7 Å². The summed E-state index contributed by atoms with van der Waals surface area (Å²) in [5, 5.41) is 5.79. The van der Waals surface area contributed by atoms with Crippen LogP contribution in [0.2, 0.25) is 0 Å². The van der Waals surface area contributed by atoms with Crippen LogP contribution in [0.1, 0.15) is 10.4 Å². The van der Waals surface area contributed by atoms with Crippen molar-refractivity contribution in [3.05, 3.63) is 45.1 Å². The average Bonchev–Trinajstić information content (AvgIpc) is 2.49. The van der Waals surface area contributed by atoms with E-state index in [2.05, 4.69) is 47.5 Å². The largest absolute Gasteiger partial charge is 0.495 e. The Hall–Kier alpha value is -1.60. The van der Waals surface area contributed by atoms with Crippen molar-refractivity contribution in [3.63, 3.8) is 0 Å². The molecule has 5 nitrogen and oxygen atoms in total. The molecule has 110 valence electrons. The van der Waals surface area contributed by atoms with Crippen LogP contribution in [-0.2, 0) is 0 Å². The highest BCUT2D eigenvalue weighted by Gasteiger charge is 2.14. The molecule has 7 heteroatoms. The zero-order valence-electron chi connectivity index (χ0n) is 11.4. The van der Waals surface area contributed by atoms with Crippen LogP contribution in [0.5, 0.6) is 5.75 Å². The lowest BCUT2D eigenvalue weighted by Crippen LogP contribution is -2.14. The van der Waals surface area contributed by atoms with E-state index < -0.39 is 0 Å². The lowest BCUT2D eigenvalue weighted by atomic mass is 10.2. The van der Waals surface area contributed by atoms with Crippen molar-refractivity contribution in [3.8, 4) is 5.75 Å². The molecule has 0 unspecified atom stereocenters. The molecule has 1 amide bonds. The number of benzene rings is 1. The molecule has 2 aromatic rings. The third kappa shape index (κ3) is 3.54. The summed E-state index contributed by atoms with van der Waals surface area (Å²) in [6.07, 6.45) is 3.18. The molecule has 2 N–H and O–H groups in total. The number of nitrogens with zero attached hydrogens (tertiary/aromatic N) is 1. The minimum atomic E-state index is -0.230. The molecule has 0 saturated carbocycles. The molecule has 1 heterocycles. The van der Waals surface area contributed by atoms with E-state index >= 15 is 0 Å². The van der Waals surface area contributed by atoms with Crippen molar-refractivity contribution in [2.24, 2.45) is 0 Å². The van der Waals surface area contributed by atoms with Gasteiger partial charge in [0.25, 0.3) is 5.91 Å². The fraction of sp³-hybridized carbons (Fsp3) is 0.143. The number of carbonyl (C=O) groups is 1. The van der Waals surface area contributed by atoms with E-state index in [1.807, 2.05) is 6.07 Å². The van der Waals surface area contributed by atoms with E-state index in [-0.39, 0.29) is 5.91 Å². The lowest BCUT2D eigenvalue weighted by Gasteiger charge is -2.12. The summed E-state index contributed by atoms with van der Waals surface area (Å²) >= 11 is 6.81. The first-order valence-electron chi connectivity index (χ1n) is 6.03. The van der Waals surface area contributed by atoms with E-state index in [0.29, 0.717) is 22.7 Å². The molecule has 0 bridgehead atoms. The number of methoxy groups -OCH3 is 1. The summed E-state index contributed by atoms with van der Waals surface area (Å²) in [6, 6.07) is 5.22. The maximum absolute atomic E-state index is 12.4. The van der Waals surface area contributed by atoms with Gasteiger partial charge in [-0.3, -0.25) is 9.78 Å². The molecule has 2 rings (SSSR count). The van der Waals surface area contributed by atoms with Crippen LogP contribution in [0.4, 0.5) is 11.4 Å². The lowest BCUT2D eigenvalue weighted by molar-refractivity contribution is 0.102. The van der Waals surface area contributed by atoms with Crippen LogP contribution in [0, 0.1) is 0 Å². The molecule has 0 radical (unpaired) electrons. The second-order valence-corrected chi connectivity index (χ2v) is 5.80. The summed E-state index contributed by atoms with van der Waals surface area (Å²) in [5.41, 5.74) is 1.80. The second-order valence-electron chi connectivity index (χ2n) is 4.09. The molecular weight excluding hydrogens is 402 g/mol. The van der Waals surface area contributed by atoms with Gasteiger partial charge in [0.15, 0.2) is 0 Å². The first-order valence-corrected chi connectivity index (χ1v) is 7.61. The number of aromatic nitrogens is 1. The summed E-state index contributed by atoms with van der Waals surface area (Å²) in [6.45, 7) is 0. The van der Waals surface area contributed by atoms with Crippen molar-refractivity contribution < 1.29 is 9.53 Å². The topological polar surface area (TPSA) is 63.2 Å². The van der Waals surface area contributed by atoms with Gasteiger partial charge in [-0.25, -0.2) is 0 Å². The standard InChI is InChI=1S/C14H13Br2N3O2/c1-17-12-7-18-4-3-8(12)14(20)19-11-6-13(21-2)10(16)5-9(11)15/h3-7,17H,1-2H3,(H,19,20). The second kappa shape index (κ2) is 6.91. The molecule has 0 aliphatic heterocycles. The number of hydrogen-bond acceptors (Lipinski definition) is 4. The molecule has 0 aliphatic carbocycles. The fourth-order valence-electron chi connectivity index (χ4n) is 1.76. The number of rotatable bonds is 4. The van der Waals surface area contributed by atoms with Gasteiger partial charge < -0.3 is 15.4 Å². The number of anilines is 2. The molecule has 21 heavy (non-hydrogen) atoms. The van der Waals surface area contributed by atoms with E-state index in [9.17, 15) is 4.79 Å². The number of pyridine rings is 1. The Morgan fingerprint density at radius 2 is 2.00 bits per heavy atom. The zero-order chi connectivity index (χ0) is 15.4. The third-order valence-corrected chi connectivity index (χ3v) is 4.10. The van der Waals surface area contributed by atoms with Crippen LogP contribution >= 0.6 is 31.9 Å². The van der Waals surface area contributed by atoms with Crippen molar-refractivity contribution in [1.82, 2.24) is 4.98 Å². The van der Waals surface area contributed by atoms with Gasteiger partial charge in [-0.2, -0.15) is 0 Å².